The number of benzene rings is 1. The molecule has 28 heavy (non-hydrogen) atoms. The second kappa shape index (κ2) is 11.5. The second-order valence-electron chi connectivity index (χ2n) is 6.27. The lowest BCUT2D eigenvalue weighted by molar-refractivity contribution is -0.129. The fraction of sp³-hybridized carbons (Fsp3) is 0.474. The number of hydrogen-bond donors (Lipinski definition) is 3. The van der Waals surface area contributed by atoms with Crippen molar-refractivity contribution < 1.29 is 24.3 Å². The van der Waals surface area contributed by atoms with Gasteiger partial charge in [0.15, 0.2) is 0 Å². The zero-order valence-corrected chi connectivity index (χ0v) is 17.0. The molecule has 154 valence electrons. The summed E-state index contributed by atoms with van der Waals surface area (Å²) >= 11 is 1.56. The van der Waals surface area contributed by atoms with Gasteiger partial charge in [0.2, 0.25) is 12.3 Å². The predicted molar refractivity (Wildman–Crippen MR) is 107 cm³/mol. The van der Waals surface area contributed by atoms with Gasteiger partial charge in [-0.05, 0) is 25.0 Å². The molecule has 0 bridgehead atoms. The highest BCUT2D eigenvalue weighted by Crippen LogP contribution is 2.46. The molecule has 0 fully saturated rings. The van der Waals surface area contributed by atoms with E-state index in [4.69, 9.17) is 14.7 Å². The van der Waals surface area contributed by atoms with Gasteiger partial charge >= 0.3 is 0 Å². The highest BCUT2D eigenvalue weighted by atomic mass is 32.2. The van der Waals surface area contributed by atoms with Gasteiger partial charge in [0.25, 0.3) is 0 Å². The molecule has 2 rings (SSSR count). The summed E-state index contributed by atoms with van der Waals surface area (Å²) in [5.74, 6) is 1.11. The topological polar surface area (TPSA) is 100 Å². The number of ether oxygens (including phenoxy) is 2. The van der Waals surface area contributed by atoms with E-state index in [1.807, 2.05) is 24.4 Å². The summed E-state index contributed by atoms with van der Waals surface area (Å²) in [6.45, 7) is 0.809. The minimum absolute atomic E-state index is 0.0107. The highest BCUT2D eigenvalue weighted by molar-refractivity contribution is 8.03. The van der Waals surface area contributed by atoms with Crippen molar-refractivity contribution in [3.05, 3.63) is 35.0 Å². The Bertz CT molecular complexity index is 698. The summed E-state index contributed by atoms with van der Waals surface area (Å²) in [6, 6.07) is 5.73. The van der Waals surface area contributed by atoms with E-state index >= 15 is 0 Å². The molecular weight excluding hydrogens is 382 g/mol. The molecule has 1 aromatic rings. The van der Waals surface area contributed by atoms with Crippen LogP contribution in [0, 0.1) is 0 Å². The van der Waals surface area contributed by atoms with Crippen molar-refractivity contribution in [2.75, 3.05) is 20.8 Å². The van der Waals surface area contributed by atoms with Gasteiger partial charge in [-0.1, -0.05) is 24.6 Å². The molecule has 3 N–H and O–H groups in total. The number of nitrogens with one attached hydrogen (secondary N) is 2. The van der Waals surface area contributed by atoms with Crippen molar-refractivity contribution in [2.24, 2.45) is 0 Å². The van der Waals surface area contributed by atoms with Crippen LogP contribution in [0.2, 0.25) is 0 Å². The molecule has 2 amide bonds. The van der Waals surface area contributed by atoms with Gasteiger partial charge in [-0.25, -0.2) is 5.48 Å². The van der Waals surface area contributed by atoms with Crippen LogP contribution in [-0.4, -0.2) is 43.2 Å². The molecule has 8 nitrogen and oxygen atoms in total. The van der Waals surface area contributed by atoms with Crippen molar-refractivity contribution >= 4 is 24.1 Å². The monoisotopic (exact) mass is 409 g/mol. The average molecular weight is 410 g/mol. The molecule has 1 aromatic carbocycles. The largest absolute Gasteiger partial charge is 0.497 e. The lowest BCUT2D eigenvalue weighted by Gasteiger charge is -2.26. The van der Waals surface area contributed by atoms with Gasteiger partial charge in [-0.15, -0.1) is 0 Å². The first-order valence-corrected chi connectivity index (χ1v) is 10.00. The van der Waals surface area contributed by atoms with E-state index in [0.29, 0.717) is 12.8 Å². The molecule has 0 saturated carbocycles. The van der Waals surface area contributed by atoms with Crippen molar-refractivity contribution in [3.63, 3.8) is 0 Å². The Morgan fingerprint density at radius 2 is 2.04 bits per heavy atom. The van der Waals surface area contributed by atoms with Crippen LogP contribution in [-0.2, 0) is 9.59 Å². The standard InChI is InChI=1S/C19H27N3O5S/c1-26-14-8-9-15(16(11-14)27-2)19-22(12-18(28-19)20-13-23)10-6-4-3-5-7-17(24)21-25/h8-9,11-13,19,25H,3-7,10H2,1-2H3,(H,20,23)(H,21,24). The van der Waals surface area contributed by atoms with Crippen LogP contribution in [0.5, 0.6) is 11.5 Å². The smallest absolute Gasteiger partial charge is 0.243 e. The number of amides is 2. The summed E-state index contributed by atoms with van der Waals surface area (Å²) in [5.41, 5.74) is 2.65. The second-order valence-corrected chi connectivity index (χ2v) is 7.39. The molecular formula is C19H27N3O5S. The maximum atomic E-state index is 11.0. The van der Waals surface area contributed by atoms with Crippen LogP contribution in [0.15, 0.2) is 29.4 Å². The van der Waals surface area contributed by atoms with E-state index in [9.17, 15) is 9.59 Å². The number of hydrogen-bond acceptors (Lipinski definition) is 7. The van der Waals surface area contributed by atoms with E-state index < -0.39 is 0 Å². The Morgan fingerprint density at radius 1 is 1.25 bits per heavy atom. The van der Waals surface area contributed by atoms with Crippen molar-refractivity contribution in [1.82, 2.24) is 15.7 Å². The lowest BCUT2D eigenvalue weighted by Crippen LogP contribution is -2.20. The normalized spacial score (nSPS) is 15.8. The molecule has 1 aliphatic rings. The highest BCUT2D eigenvalue weighted by Gasteiger charge is 2.29. The minimum atomic E-state index is -0.352. The van der Waals surface area contributed by atoms with E-state index in [0.717, 1.165) is 54.3 Å². The van der Waals surface area contributed by atoms with Gasteiger partial charge in [0.05, 0.1) is 19.2 Å². The Kier molecular flexibility index (Phi) is 8.96. The van der Waals surface area contributed by atoms with Crippen molar-refractivity contribution in [3.8, 4) is 11.5 Å². The van der Waals surface area contributed by atoms with Gasteiger partial charge < -0.3 is 19.7 Å². The maximum Gasteiger partial charge on any atom is 0.243 e. The molecule has 0 saturated heterocycles. The number of thioether (sulfide) groups is 1. The number of unbranched alkanes of at least 4 members (excludes halogenated alkanes) is 3. The zero-order chi connectivity index (χ0) is 20.4. The van der Waals surface area contributed by atoms with E-state index in [1.54, 1.807) is 31.5 Å². The van der Waals surface area contributed by atoms with E-state index in [1.165, 1.54) is 0 Å². The maximum absolute atomic E-state index is 11.0. The first-order valence-electron chi connectivity index (χ1n) is 9.12. The van der Waals surface area contributed by atoms with Gasteiger partial charge in [0, 0.05) is 30.8 Å². The number of hydroxylamine groups is 1. The molecule has 1 atom stereocenters. The Hall–Kier alpha value is -2.39. The summed E-state index contributed by atoms with van der Waals surface area (Å²) < 4.78 is 10.8. The SMILES string of the molecule is COc1ccc(C2SC(NC=O)=CN2CCCCCCC(=O)NO)c(OC)c1. The first kappa shape index (κ1) is 21.9. The molecule has 0 spiro atoms. The van der Waals surface area contributed by atoms with E-state index in [-0.39, 0.29) is 11.3 Å². The summed E-state index contributed by atoms with van der Waals surface area (Å²) in [4.78, 5) is 24.1. The van der Waals surface area contributed by atoms with Crippen LogP contribution in [0.1, 0.15) is 43.0 Å². The van der Waals surface area contributed by atoms with Gasteiger partial charge in [0.1, 0.15) is 16.9 Å². The molecule has 1 heterocycles. The fourth-order valence-electron chi connectivity index (χ4n) is 3.00. The average Bonchev–Trinajstić information content (AvgIpc) is 3.12. The predicted octanol–water partition coefficient (Wildman–Crippen LogP) is 2.75. The Balaban J connectivity index is 1.99. The van der Waals surface area contributed by atoms with Crippen molar-refractivity contribution in [1.29, 1.82) is 0 Å². The molecule has 9 heteroatoms. The molecule has 1 aliphatic heterocycles. The molecule has 1 unspecified atom stereocenters. The first-order chi connectivity index (χ1) is 13.6. The third kappa shape index (κ3) is 6.07. The number of carbonyl (C=O) groups excluding carboxylic acids is 2. The van der Waals surface area contributed by atoms with Gasteiger partial charge in [-0.2, -0.15) is 0 Å². The number of rotatable bonds is 12. The number of methoxy groups -OCH3 is 2. The summed E-state index contributed by atoms with van der Waals surface area (Å²) in [7, 11) is 3.24. The molecule has 0 aromatic heterocycles. The number of carbonyl (C=O) groups is 2. The minimum Gasteiger partial charge on any atom is -0.497 e. The Labute approximate surface area is 169 Å². The summed E-state index contributed by atoms with van der Waals surface area (Å²) in [5, 5.41) is 12.0. The zero-order valence-electron chi connectivity index (χ0n) is 16.1. The molecule has 0 aliphatic carbocycles. The third-order valence-corrected chi connectivity index (χ3v) is 5.65. The van der Waals surface area contributed by atoms with E-state index in [2.05, 4.69) is 10.2 Å². The van der Waals surface area contributed by atoms with Crippen molar-refractivity contribution in [2.45, 2.75) is 37.5 Å². The van der Waals surface area contributed by atoms with Crippen LogP contribution >= 0.6 is 11.8 Å². The third-order valence-electron chi connectivity index (χ3n) is 4.43. The quantitative estimate of drug-likeness (QED) is 0.211. The molecule has 0 radical (unpaired) electrons. The lowest BCUT2D eigenvalue weighted by atomic mass is 10.1. The van der Waals surface area contributed by atoms with Crippen LogP contribution in [0.4, 0.5) is 0 Å². The van der Waals surface area contributed by atoms with Gasteiger partial charge in [-0.3, -0.25) is 14.8 Å². The summed E-state index contributed by atoms with van der Waals surface area (Å²) in [6.07, 6.45) is 6.52. The van der Waals surface area contributed by atoms with Crippen LogP contribution in [0.3, 0.4) is 0 Å². The van der Waals surface area contributed by atoms with Crippen LogP contribution in [0.25, 0.3) is 0 Å². The Morgan fingerprint density at radius 3 is 2.71 bits per heavy atom. The number of nitrogens with zero attached hydrogens (tertiary/aromatic N) is 1. The van der Waals surface area contributed by atoms with Crippen LogP contribution < -0.4 is 20.3 Å². The fourth-order valence-corrected chi connectivity index (χ4v) is 4.18.